The van der Waals surface area contributed by atoms with Gasteiger partial charge in [0.1, 0.15) is 0 Å². The third-order valence-electron chi connectivity index (χ3n) is 2.89. The van der Waals surface area contributed by atoms with Crippen molar-refractivity contribution in [1.82, 2.24) is 20.2 Å². The Balaban J connectivity index is 0.00000128. The number of carboxylic acids is 1. The largest absolute Gasteiger partial charge is 1.00 e. The van der Waals surface area contributed by atoms with Crippen LogP contribution in [0.4, 0.5) is 0 Å². The fraction of sp³-hybridized carbons (Fsp3) is 0.750. The number of rotatable bonds is 2. The predicted molar refractivity (Wildman–Crippen MR) is 51.2 cm³/mol. The summed E-state index contributed by atoms with van der Waals surface area (Å²) in [7, 11) is 0. The molecule has 0 bridgehead atoms. The normalized spacial score (nSPS) is 24.8. The van der Waals surface area contributed by atoms with E-state index >= 15 is 0 Å². The molecule has 1 aliphatic rings. The minimum atomic E-state index is -0.945. The van der Waals surface area contributed by atoms with E-state index in [2.05, 4.69) is 15.5 Å². The smallest absolute Gasteiger partial charge is 0.550 e. The summed E-state index contributed by atoms with van der Waals surface area (Å²) >= 11 is 4.98. The number of nitrogens with one attached hydrogen (secondary N) is 1. The van der Waals surface area contributed by atoms with Crippen LogP contribution in [0.3, 0.4) is 0 Å². The van der Waals surface area contributed by atoms with Gasteiger partial charge in [0.15, 0.2) is 0 Å². The number of carboxylic acid groups (broad SMARTS) is 1. The molecule has 1 aliphatic carbocycles. The minimum absolute atomic E-state index is 0. The van der Waals surface area contributed by atoms with Gasteiger partial charge in [0.25, 0.3) is 0 Å². The second kappa shape index (κ2) is 5.90. The van der Waals surface area contributed by atoms with E-state index in [9.17, 15) is 9.90 Å². The number of carbonyl (C=O) groups excluding carboxylic acids is 1. The van der Waals surface area contributed by atoms with Gasteiger partial charge in [0.2, 0.25) is 4.77 Å². The van der Waals surface area contributed by atoms with Gasteiger partial charge in [-0.3, -0.25) is 0 Å². The van der Waals surface area contributed by atoms with Crippen molar-refractivity contribution in [2.75, 3.05) is 0 Å². The quantitative estimate of drug-likeness (QED) is 0.442. The molecule has 1 N–H and O–H groups in total. The SMILES string of the molecule is O=C([O-])C1CCC(n2[nH]nnc2=S)CC1.[Na+]. The molecule has 8 heteroatoms. The van der Waals surface area contributed by atoms with E-state index in [0.717, 1.165) is 12.8 Å². The van der Waals surface area contributed by atoms with Crippen LogP contribution in [0.5, 0.6) is 0 Å². The standard InChI is InChI=1S/C8H12N4O2S.Na/c13-7(14)5-1-3-6(4-2-5)12-8(15)9-10-11-12;/h5-6H,1-4H2,(H,13,14)(H,9,11,15);/q;+1/p-1. The summed E-state index contributed by atoms with van der Waals surface area (Å²) in [5.41, 5.74) is 0. The predicted octanol–water partition coefficient (Wildman–Crippen LogP) is -3.18. The summed E-state index contributed by atoms with van der Waals surface area (Å²) in [6.07, 6.45) is 2.81. The fourth-order valence-electron chi connectivity index (χ4n) is 2.01. The molecule has 2 rings (SSSR count). The number of tetrazole rings is 1. The maximum atomic E-state index is 10.6. The van der Waals surface area contributed by atoms with Gasteiger partial charge < -0.3 is 9.90 Å². The van der Waals surface area contributed by atoms with Crippen molar-refractivity contribution in [3.05, 3.63) is 4.77 Å². The van der Waals surface area contributed by atoms with Crippen LogP contribution in [0.25, 0.3) is 0 Å². The average molecular weight is 250 g/mol. The first-order valence-electron chi connectivity index (χ1n) is 4.89. The zero-order valence-electron chi connectivity index (χ0n) is 9.05. The molecule has 0 amide bonds. The van der Waals surface area contributed by atoms with Crippen molar-refractivity contribution in [2.45, 2.75) is 31.7 Å². The second-order valence-electron chi connectivity index (χ2n) is 3.78. The van der Waals surface area contributed by atoms with E-state index in [1.807, 2.05) is 0 Å². The molecule has 6 nitrogen and oxygen atoms in total. The van der Waals surface area contributed by atoms with Crippen LogP contribution in [0.15, 0.2) is 0 Å². The number of carbonyl (C=O) groups is 1. The molecule has 0 saturated heterocycles. The Labute approximate surface area is 120 Å². The van der Waals surface area contributed by atoms with Gasteiger partial charge in [0, 0.05) is 5.97 Å². The van der Waals surface area contributed by atoms with E-state index < -0.39 is 5.97 Å². The van der Waals surface area contributed by atoms with Gasteiger partial charge in [-0.1, -0.05) is 10.3 Å². The van der Waals surface area contributed by atoms with Gasteiger partial charge in [-0.2, -0.15) is 5.21 Å². The molecule has 1 fully saturated rings. The summed E-state index contributed by atoms with van der Waals surface area (Å²) in [5, 5.41) is 20.6. The first-order valence-corrected chi connectivity index (χ1v) is 5.29. The van der Waals surface area contributed by atoms with Crippen molar-refractivity contribution in [2.24, 2.45) is 5.92 Å². The summed E-state index contributed by atoms with van der Waals surface area (Å²) in [6, 6.07) is 0.197. The molecule has 0 aliphatic heterocycles. The van der Waals surface area contributed by atoms with Crippen LogP contribution >= 0.6 is 12.2 Å². The number of aromatic nitrogens is 4. The molecule has 1 heterocycles. The van der Waals surface area contributed by atoms with Crippen LogP contribution in [0, 0.1) is 10.7 Å². The van der Waals surface area contributed by atoms with Crippen LogP contribution in [0.2, 0.25) is 0 Å². The molecule has 1 saturated carbocycles. The Morgan fingerprint density at radius 2 is 2.06 bits per heavy atom. The Hall–Kier alpha value is -0.240. The Bertz CT molecular complexity index is 410. The minimum Gasteiger partial charge on any atom is -0.550 e. The van der Waals surface area contributed by atoms with E-state index in [4.69, 9.17) is 12.2 Å². The molecular formula is C8H11N4NaO2S. The molecule has 82 valence electrons. The molecular weight excluding hydrogens is 239 g/mol. The summed E-state index contributed by atoms with van der Waals surface area (Å²) in [5.74, 6) is -1.26. The van der Waals surface area contributed by atoms with Gasteiger partial charge >= 0.3 is 29.6 Å². The van der Waals surface area contributed by atoms with Crippen LogP contribution in [-0.4, -0.2) is 26.2 Å². The monoisotopic (exact) mass is 250 g/mol. The molecule has 0 atom stereocenters. The number of aliphatic carboxylic acids is 1. The van der Waals surface area contributed by atoms with Crippen molar-refractivity contribution in [3.63, 3.8) is 0 Å². The van der Waals surface area contributed by atoms with Crippen molar-refractivity contribution in [3.8, 4) is 0 Å². The Morgan fingerprint density at radius 3 is 2.50 bits per heavy atom. The number of nitrogens with zero attached hydrogens (tertiary/aromatic N) is 3. The van der Waals surface area contributed by atoms with Gasteiger partial charge in [-0.25, -0.2) is 4.68 Å². The van der Waals surface area contributed by atoms with Crippen LogP contribution in [-0.2, 0) is 4.79 Å². The van der Waals surface area contributed by atoms with Crippen LogP contribution in [0.1, 0.15) is 31.7 Å². The van der Waals surface area contributed by atoms with Gasteiger partial charge in [0.05, 0.1) is 6.04 Å². The van der Waals surface area contributed by atoms with Crippen molar-refractivity contribution >= 4 is 18.2 Å². The third-order valence-corrected chi connectivity index (χ3v) is 3.17. The molecule has 1 aromatic rings. The maximum absolute atomic E-state index is 10.6. The molecule has 16 heavy (non-hydrogen) atoms. The zero-order chi connectivity index (χ0) is 10.8. The Kier molecular flexibility index (Phi) is 5.10. The van der Waals surface area contributed by atoms with E-state index in [-0.39, 0.29) is 41.5 Å². The van der Waals surface area contributed by atoms with Crippen molar-refractivity contribution in [1.29, 1.82) is 0 Å². The van der Waals surface area contributed by atoms with E-state index in [1.54, 1.807) is 4.68 Å². The van der Waals surface area contributed by atoms with E-state index in [1.165, 1.54) is 0 Å². The molecule has 1 aromatic heterocycles. The van der Waals surface area contributed by atoms with Crippen molar-refractivity contribution < 1.29 is 39.5 Å². The summed E-state index contributed by atoms with van der Waals surface area (Å²) in [6.45, 7) is 0. The second-order valence-corrected chi connectivity index (χ2v) is 4.14. The number of H-pyrrole nitrogens is 1. The van der Waals surface area contributed by atoms with Gasteiger partial charge in [-0.15, -0.1) is 0 Å². The molecule has 0 aromatic carbocycles. The summed E-state index contributed by atoms with van der Waals surface area (Å²) < 4.78 is 2.15. The molecule has 0 unspecified atom stereocenters. The fourth-order valence-corrected chi connectivity index (χ4v) is 2.24. The number of hydrogen-bond donors (Lipinski definition) is 1. The van der Waals surface area contributed by atoms with E-state index in [0.29, 0.717) is 17.6 Å². The molecule has 0 spiro atoms. The first-order chi connectivity index (χ1) is 7.18. The first kappa shape index (κ1) is 13.8. The maximum Gasteiger partial charge on any atom is 1.00 e. The number of hydrogen-bond acceptors (Lipinski definition) is 5. The third kappa shape index (κ3) is 2.91. The average Bonchev–Trinajstić information content (AvgIpc) is 2.65. The van der Waals surface area contributed by atoms with Gasteiger partial charge in [-0.05, 0) is 43.8 Å². The summed E-state index contributed by atoms with van der Waals surface area (Å²) in [4.78, 5) is 10.6. The number of aromatic amines is 1. The Morgan fingerprint density at radius 1 is 1.44 bits per heavy atom. The van der Waals surface area contributed by atoms with Crippen LogP contribution < -0.4 is 34.7 Å². The zero-order valence-corrected chi connectivity index (χ0v) is 11.9. The topological polar surface area (TPSA) is 86.6 Å². The molecule has 0 radical (unpaired) electrons.